The second kappa shape index (κ2) is 6.44. The van der Waals surface area contributed by atoms with Crippen molar-refractivity contribution in [3.63, 3.8) is 0 Å². The second-order valence-electron chi connectivity index (χ2n) is 5.25. The van der Waals surface area contributed by atoms with Crippen molar-refractivity contribution in [3.8, 4) is 5.75 Å². The highest BCUT2D eigenvalue weighted by atomic mass is 35.5. The van der Waals surface area contributed by atoms with Crippen LogP contribution in [0, 0.1) is 0 Å². The summed E-state index contributed by atoms with van der Waals surface area (Å²) in [6.07, 6.45) is 1.09. The molecule has 1 unspecified atom stereocenters. The molecule has 1 atom stereocenters. The van der Waals surface area contributed by atoms with Crippen molar-refractivity contribution in [2.45, 2.75) is 19.0 Å². The van der Waals surface area contributed by atoms with Crippen molar-refractivity contribution in [2.24, 2.45) is 5.73 Å². The molecule has 2 N–H and O–H groups in total. The van der Waals surface area contributed by atoms with Crippen molar-refractivity contribution in [1.82, 2.24) is 4.90 Å². The fraction of sp³-hybridized carbons (Fsp3) is 0.375. The van der Waals surface area contributed by atoms with Crippen LogP contribution in [0.1, 0.15) is 12.0 Å². The van der Waals surface area contributed by atoms with Crippen molar-refractivity contribution in [1.29, 1.82) is 0 Å². The summed E-state index contributed by atoms with van der Waals surface area (Å²) in [5.74, 6) is 0.971. The molecule has 1 aliphatic heterocycles. The Hall–Kier alpha value is -1.29. The van der Waals surface area contributed by atoms with Crippen molar-refractivity contribution < 1.29 is 4.74 Å². The molecule has 1 aliphatic rings. The summed E-state index contributed by atoms with van der Waals surface area (Å²) >= 11 is 0. The first-order valence-corrected chi connectivity index (χ1v) is 6.80. The summed E-state index contributed by atoms with van der Waals surface area (Å²) < 4.78 is 5.53. The lowest BCUT2D eigenvalue weighted by molar-refractivity contribution is 0.318. The zero-order valence-corrected chi connectivity index (χ0v) is 12.5. The molecule has 0 saturated carbocycles. The lowest BCUT2D eigenvalue weighted by atomic mass is 10.0. The molecule has 0 bridgehead atoms. The monoisotopic (exact) mass is 292 g/mol. The van der Waals surface area contributed by atoms with Gasteiger partial charge in [0.1, 0.15) is 5.75 Å². The van der Waals surface area contributed by atoms with Gasteiger partial charge in [0.05, 0.1) is 7.11 Å². The number of nitrogens with two attached hydrogens (primary N) is 1. The number of ether oxygens (including phenoxy) is 1. The van der Waals surface area contributed by atoms with E-state index >= 15 is 0 Å². The quantitative estimate of drug-likeness (QED) is 0.945. The van der Waals surface area contributed by atoms with Crippen molar-refractivity contribution in [3.05, 3.63) is 42.0 Å². The second-order valence-corrected chi connectivity index (χ2v) is 5.25. The van der Waals surface area contributed by atoms with Gasteiger partial charge in [0.2, 0.25) is 0 Å². The van der Waals surface area contributed by atoms with Gasteiger partial charge in [-0.3, -0.25) is 4.90 Å². The Balaban J connectivity index is 0.00000147. The molecule has 0 aliphatic carbocycles. The van der Waals surface area contributed by atoms with Gasteiger partial charge in [0, 0.05) is 31.2 Å². The number of methoxy groups -OCH3 is 1. The zero-order valence-electron chi connectivity index (χ0n) is 11.7. The van der Waals surface area contributed by atoms with Crippen LogP contribution >= 0.6 is 12.4 Å². The molecular formula is C16H21ClN2O. The maximum Gasteiger partial charge on any atom is 0.123 e. The van der Waals surface area contributed by atoms with E-state index in [2.05, 4.69) is 41.3 Å². The van der Waals surface area contributed by atoms with Crippen LogP contribution in [-0.4, -0.2) is 31.1 Å². The maximum atomic E-state index is 5.99. The number of hydrogen-bond donors (Lipinski definition) is 1. The molecule has 1 heterocycles. The van der Waals surface area contributed by atoms with E-state index in [-0.39, 0.29) is 12.4 Å². The third-order valence-corrected chi connectivity index (χ3v) is 3.91. The number of hydrogen-bond acceptors (Lipinski definition) is 3. The molecular weight excluding hydrogens is 272 g/mol. The van der Waals surface area contributed by atoms with E-state index in [4.69, 9.17) is 10.5 Å². The molecule has 1 saturated heterocycles. The summed E-state index contributed by atoms with van der Waals surface area (Å²) in [7, 11) is 1.74. The van der Waals surface area contributed by atoms with Crippen LogP contribution in [0.5, 0.6) is 5.75 Å². The molecule has 4 heteroatoms. The smallest absolute Gasteiger partial charge is 0.123 e. The number of likely N-dealkylation sites (tertiary alicyclic amines) is 1. The Labute approximate surface area is 126 Å². The largest absolute Gasteiger partial charge is 0.496 e. The van der Waals surface area contributed by atoms with E-state index < -0.39 is 0 Å². The first-order chi connectivity index (χ1) is 9.28. The Morgan fingerprint density at radius 3 is 2.75 bits per heavy atom. The van der Waals surface area contributed by atoms with E-state index in [1.165, 1.54) is 16.3 Å². The molecule has 108 valence electrons. The Morgan fingerprint density at radius 2 is 2.05 bits per heavy atom. The third kappa shape index (κ3) is 2.90. The first-order valence-electron chi connectivity index (χ1n) is 6.80. The van der Waals surface area contributed by atoms with Crippen LogP contribution in [0.25, 0.3) is 10.8 Å². The molecule has 3 rings (SSSR count). The standard InChI is InChI=1S/C16H20N2O.ClH/c1-19-16-7-6-12-4-2-3-5-14(12)15(16)11-18-9-8-13(17)10-18;/h2-7,13H,8-11,17H2,1H3;1H. The summed E-state index contributed by atoms with van der Waals surface area (Å²) in [4.78, 5) is 2.41. The fourth-order valence-electron chi connectivity index (χ4n) is 2.90. The Morgan fingerprint density at radius 1 is 1.25 bits per heavy atom. The summed E-state index contributed by atoms with van der Waals surface area (Å²) in [5.41, 5.74) is 7.26. The first kappa shape index (κ1) is 15.1. The highest BCUT2D eigenvalue weighted by Crippen LogP contribution is 2.29. The minimum absolute atomic E-state index is 0. The molecule has 0 amide bonds. The number of rotatable bonds is 3. The van der Waals surface area contributed by atoms with Gasteiger partial charge >= 0.3 is 0 Å². The van der Waals surface area contributed by atoms with Gasteiger partial charge in [-0.2, -0.15) is 0 Å². The number of nitrogens with zero attached hydrogens (tertiary/aromatic N) is 1. The normalized spacial score (nSPS) is 19.0. The van der Waals surface area contributed by atoms with E-state index in [1.807, 2.05) is 0 Å². The summed E-state index contributed by atoms with van der Waals surface area (Å²) in [6.45, 7) is 2.97. The molecule has 0 aromatic heterocycles. The van der Waals surface area contributed by atoms with Crippen LogP contribution in [0.15, 0.2) is 36.4 Å². The topological polar surface area (TPSA) is 38.5 Å². The van der Waals surface area contributed by atoms with E-state index in [1.54, 1.807) is 7.11 Å². The Bertz CT molecular complexity index is 588. The molecule has 2 aromatic carbocycles. The average molecular weight is 293 g/mol. The third-order valence-electron chi connectivity index (χ3n) is 3.91. The van der Waals surface area contributed by atoms with Gasteiger partial charge in [0.25, 0.3) is 0 Å². The van der Waals surface area contributed by atoms with Crippen molar-refractivity contribution in [2.75, 3.05) is 20.2 Å². The number of fused-ring (bicyclic) bond motifs is 1. The van der Waals surface area contributed by atoms with Crippen molar-refractivity contribution >= 4 is 23.2 Å². The maximum absolute atomic E-state index is 5.99. The van der Waals surface area contributed by atoms with E-state index in [0.717, 1.165) is 31.8 Å². The predicted octanol–water partition coefficient (Wildman–Crippen LogP) is 2.80. The fourth-order valence-corrected chi connectivity index (χ4v) is 2.90. The Kier molecular flexibility index (Phi) is 4.86. The van der Waals surface area contributed by atoms with Gasteiger partial charge in [-0.1, -0.05) is 30.3 Å². The molecule has 0 spiro atoms. The van der Waals surface area contributed by atoms with Crippen LogP contribution < -0.4 is 10.5 Å². The minimum Gasteiger partial charge on any atom is -0.496 e. The molecule has 2 aromatic rings. The van der Waals surface area contributed by atoms with Crippen LogP contribution in [-0.2, 0) is 6.54 Å². The van der Waals surface area contributed by atoms with Crippen LogP contribution in [0.2, 0.25) is 0 Å². The molecule has 3 nitrogen and oxygen atoms in total. The summed E-state index contributed by atoms with van der Waals surface area (Å²) in [5, 5.41) is 2.55. The lowest BCUT2D eigenvalue weighted by Crippen LogP contribution is -2.26. The number of benzene rings is 2. The van der Waals surface area contributed by atoms with Crippen LogP contribution in [0.4, 0.5) is 0 Å². The van der Waals surface area contributed by atoms with Gasteiger partial charge in [-0.05, 0) is 23.3 Å². The molecule has 0 radical (unpaired) electrons. The molecule has 1 fully saturated rings. The highest BCUT2D eigenvalue weighted by Gasteiger charge is 2.21. The van der Waals surface area contributed by atoms with Gasteiger partial charge in [0.15, 0.2) is 0 Å². The minimum atomic E-state index is 0. The number of halogens is 1. The van der Waals surface area contributed by atoms with E-state index in [9.17, 15) is 0 Å². The van der Waals surface area contributed by atoms with E-state index in [0.29, 0.717) is 6.04 Å². The predicted molar refractivity (Wildman–Crippen MR) is 85.6 cm³/mol. The van der Waals surface area contributed by atoms with Gasteiger partial charge < -0.3 is 10.5 Å². The molecule has 20 heavy (non-hydrogen) atoms. The highest BCUT2D eigenvalue weighted by molar-refractivity contribution is 5.87. The average Bonchev–Trinajstić information content (AvgIpc) is 2.85. The van der Waals surface area contributed by atoms with Crippen LogP contribution in [0.3, 0.4) is 0 Å². The summed E-state index contributed by atoms with van der Waals surface area (Å²) in [6, 6.07) is 13.0. The van der Waals surface area contributed by atoms with Gasteiger partial charge in [-0.25, -0.2) is 0 Å². The van der Waals surface area contributed by atoms with Gasteiger partial charge in [-0.15, -0.1) is 12.4 Å². The lowest BCUT2D eigenvalue weighted by Gasteiger charge is -2.19. The SMILES string of the molecule is COc1ccc2ccccc2c1CN1CCC(N)C1.Cl. The zero-order chi connectivity index (χ0) is 13.2.